The number of fused-ring (bicyclic) bond motifs is 1. The van der Waals surface area contributed by atoms with Gasteiger partial charge in [-0.2, -0.15) is 4.31 Å². The zero-order chi connectivity index (χ0) is 23.1. The van der Waals surface area contributed by atoms with Crippen molar-refractivity contribution in [3.8, 4) is 11.8 Å². The molecule has 2 aromatic carbocycles. The lowest BCUT2D eigenvalue weighted by atomic mass is 9.70. The second-order valence-electron chi connectivity index (χ2n) is 10.2. The van der Waals surface area contributed by atoms with Crippen LogP contribution < -0.4 is 0 Å². The van der Waals surface area contributed by atoms with Crippen LogP contribution in [0.1, 0.15) is 44.2 Å². The molecular formula is C26H30BrNO3S. The molecule has 2 aromatic rings. The molecule has 0 amide bonds. The number of aryl methyl sites for hydroxylation is 1. The van der Waals surface area contributed by atoms with E-state index in [4.69, 9.17) is 0 Å². The fraction of sp³-hybridized carbons (Fsp3) is 0.462. The van der Waals surface area contributed by atoms with E-state index in [-0.39, 0.29) is 34.3 Å². The van der Waals surface area contributed by atoms with Crippen LogP contribution in [-0.2, 0) is 10.0 Å². The van der Waals surface area contributed by atoms with Crippen LogP contribution in [0.25, 0.3) is 0 Å². The molecule has 170 valence electrons. The van der Waals surface area contributed by atoms with Gasteiger partial charge < -0.3 is 5.11 Å². The van der Waals surface area contributed by atoms with Crippen LogP contribution in [0.15, 0.2) is 57.9 Å². The quantitative estimate of drug-likeness (QED) is 0.570. The first-order valence-electron chi connectivity index (χ1n) is 11.0. The van der Waals surface area contributed by atoms with E-state index in [0.29, 0.717) is 6.54 Å². The summed E-state index contributed by atoms with van der Waals surface area (Å²) in [5.41, 5.74) is 1.69. The number of aliphatic hydroxyl groups is 1. The lowest BCUT2D eigenvalue weighted by Crippen LogP contribution is -2.42. The Morgan fingerprint density at radius 1 is 1.09 bits per heavy atom. The van der Waals surface area contributed by atoms with Crippen LogP contribution in [0.5, 0.6) is 0 Å². The predicted molar refractivity (Wildman–Crippen MR) is 131 cm³/mol. The Hall–Kier alpha value is -1.65. The largest absolute Gasteiger partial charge is 0.393 e. The van der Waals surface area contributed by atoms with Crippen molar-refractivity contribution in [2.24, 2.45) is 16.7 Å². The van der Waals surface area contributed by atoms with E-state index in [9.17, 15) is 13.5 Å². The van der Waals surface area contributed by atoms with E-state index >= 15 is 0 Å². The molecule has 0 saturated heterocycles. The Kier molecular flexibility index (Phi) is 6.32. The Morgan fingerprint density at radius 2 is 1.75 bits per heavy atom. The summed E-state index contributed by atoms with van der Waals surface area (Å²) in [5.74, 6) is 6.35. The Morgan fingerprint density at radius 3 is 2.41 bits per heavy atom. The van der Waals surface area contributed by atoms with E-state index in [1.54, 1.807) is 12.1 Å². The number of benzene rings is 2. The van der Waals surface area contributed by atoms with Gasteiger partial charge in [0, 0.05) is 16.6 Å². The number of nitrogens with zero attached hydrogens (tertiary/aromatic N) is 1. The molecule has 0 bridgehead atoms. The molecule has 2 aliphatic rings. The van der Waals surface area contributed by atoms with Crippen molar-refractivity contribution in [3.05, 3.63) is 64.1 Å². The minimum absolute atomic E-state index is 0.00515. The average Bonchev–Trinajstić information content (AvgIpc) is 3.42. The molecule has 0 aliphatic heterocycles. The van der Waals surface area contributed by atoms with E-state index in [1.807, 2.05) is 43.3 Å². The van der Waals surface area contributed by atoms with Gasteiger partial charge in [-0.05, 0) is 79.3 Å². The molecule has 4 rings (SSSR count). The average molecular weight is 517 g/mol. The molecule has 4 nitrogen and oxygen atoms in total. The van der Waals surface area contributed by atoms with Gasteiger partial charge in [0.1, 0.15) is 0 Å². The van der Waals surface area contributed by atoms with Gasteiger partial charge in [0.15, 0.2) is 0 Å². The summed E-state index contributed by atoms with van der Waals surface area (Å²) < 4.78 is 29.7. The first-order chi connectivity index (χ1) is 15.0. The van der Waals surface area contributed by atoms with E-state index in [2.05, 4.69) is 41.6 Å². The van der Waals surface area contributed by atoms with Crippen LogP contribution >= 0.6 is 15.9 Å². The number of aliphatic hydroxyl groups excluding tert-OH is 1. The first-order valence-corrected chi connectivity index (χ1v) is 13.2. The smallest absolute Gasteiger partial charge is 0.243 e. The predicted octanol–water partition coefficient (Wildman–Crippen LogP) is 4.99. The number of hydrogen-bond donors (Lipinski definition) is 1. The van der Waals surface area contributed by atoms with Crippen molar-refractivity contribution in [1.29, 1.82) is 0 Å². The number of rotatable bonds is 5. The first kappa shape index (κ1) is 23.5. The van der Waals surface area contributed by atoms with Crippen molar-refractivity contribution in [2.45, 2.75) is 51.0 Å². The van der Waals surface area contributed by atoms with Crippen LogP contribution in [0, 0.1) is 35.5 Å². The van der Waals surface area contributed by atoms with Crippen molar-refractivity contribution >= 4 is 26.0 Å². The minimum atomic E-state index is -3.70. The summed E-state index contributed by atoms with van der Waals surface area (Å²) in [4.78, 5) is 0.290. The molecule has 0 radical (unpaired) electrons. The Labute approximate surface area is 200 Å². The highest BCUT2D eigenvalue weighted by Crippen LogP contribution is 2.65. The van der Waals surface area contributed by atoms with Crippen LogP contribution in [0.4, 0.5) is 0 Å². The fourth-order valence-corrected chi connectivity index (χ4v) is 7.00. The van der Waals surface area contributed by atoms with Gasteiger partial charge in [-0.25, -0.2) is 8.42 Å². The summed E-state index contributed by atoms with van der Waals surface area (Å²) in [6.45, 7) is 6.79. The van der Waals surface area contributed by atoms with Gasteiger partial charge in [0.25, 0.3) is 0 Å². The van der Waals surface area contributed by atoms with Gasteiger partial charge in [0.05, 0.1) is 17.5 Å². The van der Waals surface area contributed by atoms with Gasteiger partial charge >= 0.3 is 0 Å². The number of halogens is 1. The van der Waals surface area contributed by atoms with E-state index in [1.165, 1.54) is 4.31 Å². The summed E-state index contributed by atoms with van der Waals surface area (Å²) in [6.07, 6.45) is 2.20. The molecule has 0 unspecified atom stereocenters. The van der Waals surface area contributed by atoms with E-state index < -0.39 is 10.0 Å². The third kappa shape index (κ3) is 4.97. The van der Waals surface area contributed by atoms with Crippen molar-refractivity contribution in [1.82, 2.24) is 4.31 Å². The monoisotopic (exact) mass is 515 g/mol. The molecule has 0 aromatic heterocycles. The Balaban J connectivity index is 1.63. The zero-order valence-corrected chi connectivity index (χ0v) is 21.2. The van der Waals surface area contributed by atoms with Gasteiger partial charge in [-0.15, -0.1) is 0 Å². The van der Waals surface area contributed by atoms with Crippen LogP contribution in [0.2, 0.25) is 0 Å². The number of hydrogen-bond acceptors (Lipinski definition) is 3. The van der Waals surface area contributed by atoms with Crippen LogP contribution in [-0.4, -0.2) is 37.0 Å². The highest BCUT2D eigenvalue weighted by molar-refractivity contribution is 9.10. The topological polar surface area (TPSA) is 57.6 Å². The molecule has 3 atom stereocenters. The summed E-state index contributed by atoms with van der Waals surface area (Å²) in [5, 5.41) is 10.6. The lowest BCUT2D eigenvalue weighted by molar-refractivity contribution is 0.0236. The van der Waals surface area contributed by atoms with Crippen molar-refractivity contribution in [2.75, 3.05) is 13.1 Å². The lowest BCUT2D eigenvalue weighted by Gasteiger charge is -2.39. The standard InChI is InChI=1S/C26H30BrNO3S/c1-19-6-12-22(13-7-19)32(30,31)28(14-4-5-20-8-10-21(27)11-9-20)18-26-15-23(26)24(29)16-25(2,3)17-26/h6-13,23-24,29H,14-18H2,1-3H3/t23-,24-,26+/m1/s1. The second kappa shape index (κ2) is 8.61. The maximum atomic E-state index is 13.6. The molecule has 2 fully saturated rings. The maximum absolute atomic E-state index is 13.6. The highest BCUT2D eigenvalue weighted by atomic mass is 79.9. The van der Waals surface area contributed by atoms with Crippen LogP contribution in [0.3, 0.4) is 0 Å². The molecule has 2 saturated carbocycles. The van der Waals surface area contributed by atoms with Gasteiger partial charge in [0.2, 0.25) is 10.0 Å². The summed E-state index contributed by atoms with van der Waals surface area (Å²) >= 11 is 3.42. The van der Waals surface area contributed by atoms with Crippen molar-refractivity contribution in [3.63, 3.8) is 0 Å². The molecule has 6 heteroatoms. The van der Waals surface area contributed by atoms with E-state index in [0.717, 1.165) is 34.9 Å². The third-order valence-electron chi connectivity index (χ3n) is 6.79. The molecular weight excluding hydrogens is 486 g/mol. The third-order valence-corrected chi connectivity index (χ3v) is 9.13. The van der Waals surface area contributed by atoms with Gasteiger partial charge in [-0.1, -0.05) is 59.3 Å². The SMILES string of the molecule is Cc1ccc(S(=O)(=O)N(CC#Cc2ccc(Br)cc2)C[C@@]23C[C@@H]2[C@H](O)CC(C)(C)C3)cc1. The maximum Gasteiger partial charge on any atom is 0.243 e. The summed E-state index contributed by atoms with van der Waals surface area (Å²) in [7, 11) is -3.70. The minimum Gasteiger partial charge on any atom is -0.393 e. The molecule has 0 spiro atoms. The molecule has 1 N–H and O–H groups in total. The summed E-state index contributed by atoms with van der Waals surface area (Å²) in [6, 6.07) is 14.6. The van der Waals surface area contributed by atoms with Gasteiger partial charge in [-0.3, -0.25) is 0 Å². The highest BCUT2D eigenvalue weighted by Gasteiger charge is 2.63. The molecule has 0 heterocycles. The molecule has 32 heavy (non-hydrogen) atoms. The Bertz CT molecular complexity index is 1150. The fourth-order valence-electron chi connectivity index (χ4n) is 5.30. The zero-order valence-electron chi connectivity index (χ0n) is 18.8. The number of sulfonamides is 1. The van der Waals surface area contributed by atoms with Crippen molar-refractivity contribution < 1.29 is 13.5 Å². The second-order valence-corrected chi connectivity index (χ2v) is 13.0. The molecule has 2 aliphatic carbocycles. The normalized spacial score (nSPS) is 26.2.